The molecule has 0 unspecified atom stereocenters. The van der Waals surface area contributed by atoms with Crippen molar-refractivity contribution in [1.82, 2.24) is 20.4 Å². The van der Waals surface area contributed by atoms with Gasteiger partial charge < -0.3 is 0 Å². The topological polar surface area (TPSA) is 127 Å². The number of aryl methyl sites for hydroxylation is 1. The number of hydrogen-bond acceptors (Lipinski definition) is 7. The number of nitrogens with zero attached hydrogens (tertiary/aromatic N) is 3. The summed E-state index contributed by atoms with van der Waals surface area (Å²) in [7, 11) is 0. The van der Waals surface area contributed by atoms with E-state index in [-0.39, 0.29) is 11.3 Å². The number of benzene rings is 1. The van der Waals surface area contributed by atoms with Crippen LogP contribution in [-0.2, 0) is 6.42 Å². The van der Waals surface area contributed by atoms with E-state index in [4.69, 9.17) is 0 Å². The van der Waals surface area contributed by atoms with Crippen LogP contribution in [0.2, 0.25) is 0 Å². The first-order chi connectivity index (χ1) is 10.5. The maximum Gasteiger partial charge on any atom is 0.283 e. The molecule has 0 fully saturated rings. The van der Waals surface area contributed by atoms with E-state index in [1.54, 1.807) is 0 Å². The van der Waals surface area contributed by atoms with Gasteiger partial charge in [0, 0.05) is 17.7 Å². The molecule has 2 aromatic rings. The van der Waals surface area contributed by atoms with E-state index >= 15 is 0 Å². The summed E-state index contributed by atoms with van der Waals surface area (Å²) in [6.45, 7) is 1.84. The number of hydrogen-bond donors (Lipinski definition) is 2. The van der Waals surface area contributed by atoms with Gasteiger partial charge in [0.05, 0.1) is 10.6 Å². The lowest BCUT2D eigenvalue weighted by Gasteiger charge is -2.06. The zero-order chi connectivity index (χ0) is 16.1. The van der Waals surface area contributed by atoms with Gasteiger partial charge in [-0.25, -0.2) is 0 Å². The Morgan fingerprint density at radius 3 is 2.45 bits per heavy atom. The molecule has 0 spiro atoms. The lowest BCUT2D eigenvalue weighted by molar-refractivity contribution is -0.384. The van der Waals surface area contributed by atoms with Gasteiger partial charge in [0.1, 0.15) is 4.88 Å². The summed E-state index contributed by atoms with van der Waals surface area (Å²) in [5, 5.41) is 14.3. The molecule has 114 valence electrons. The predicted octanol–water partition coefficient (Wildman–Crippen LogP) is 1.08. The number of non-ortho nitro benzene ring substituents is 1. The molecule has 22 heavy (non-hydrogen) atoms. The molecule has 0 saturated heterocycles. The van der Waals surface area contributed by atoms with Crippen molar-refractivity contribution in [3.05, 3.63) is 50.5 Å². The fourth-order valence-corrected chi connectivity index (χ4v) is 2.23. The summed E-state index contributed by atoms with van der Waals surface area (Å²) in [6.07, 6.45) is 0.551. The summed E-state index contributed by atoms with van der Waals surface area (Å²) < 4.78 is 3.68. The van der Waals surface area contributed by atoms with Gasteiger partial charge in [-0.15, -0.1) is 5.10 Å². The van der Waals surface area contributed by atoms with Crippen LogP contribution in [0.25, 0.3) is 0 Å². The van der Waals surface area contributed by atoms with Crippen molar-refractivity contribution in [2.24, 2.45) is 0 Å². The minimum Gasteiger partial charge on any atom is -0.267 e. The van der Waals surface area contributed by atoms with Crippen LogP contribution in [0.5, 0.6) is 0 Å². The van der Waals surface area contributed by atoms with Crippen molar-refractivity contribution in [1.29, 1.82) is 0 Å². The molecule has 2 N–H and O–H groups in total. The Hall–Kier alpha value is -2.88. The van der Waals surface area contributed by atoms with E-state index in [2.05, 4.69) is 20.4 Å². The van der Waals surface area contributed by atoms with Gasteiger partial charge in [-0.1, -0.05) is 11.4 Å². The molecule has 1 heterocycles. The zero-order valence-corrected chi connectivity index (χ0v) is 12.2. The first-order valence-electron chi connectivity index (χ1n) is 6.19. The first kappa shape index (κ1) is 15.5. The van der Waals surface area contributed by atoms with Crippen molar-refractivity contribution in [3.8, 4) is 0 Å². The monoisotopic (exact) mass is 321 g/mol. The molecule has 0 atom stereocenters. The number of nitro groups is 1. The second kappa shape index (κ2) is 6.72. The van der Waals surface area contributed by atoms with Crippen LogP contribution in [0.4, 0.5) is 5.69 Å². The highest BCUT2D eigenvalue weighted by Gasteiger charge is 2.16. The number of aromatic nitrogens is 2. The van der Waals surface area contributed by atoms with Crippen LogP contribution < -0.4 is 10.9 Å². The van der Waals surface area contributed by atoms with Crippen LogP contribution in [0, 0.1) is 10.1 Å². The molecule has 0 saturated carbocycles. The third-order valence-electron chi connectivity index (χ3n) is 2.73. The van der Waals surface area contributed by atoms with Crippen LogP contribution in [0.15, 0.2) is 24.3 Å². The summed E-state index contributed by atoms with van der Waals surface area (Å²) in [6, 6.07) is 5.01. The fraction of sp³-hybridized carbons (Fsp3) is 0.167. The molecule has 2 amide bonds. The van der Waals surface area contributed by atoms with E-state index in [0.29, 0.717) is 17.0 Å². The van der Waals surface area contributed by atoms with Crippen molar-refractivity contribution >= 4 is 29.0 Å². The molecule has 0 bridgehead atoms. The molecule has 1 aromatic carbocycles. The quantitative estimate of drug-likeness (QED) is 0.641. The number of rotatable bonds is 4. The van der Waals surface area contributed by atoms with E-state index < -0.39 is 16.7 Å². The lowest BCUT2D eigenvalue weighted by atomic mass is 10.2. The van der Waals surface area contributed by atoms with Crippen LogP contribution >= 0.6 is 11.5 Å². The Kier molecular flexibility index (Phi) is 4.73. The first-order valence-corrected chi connectivity index (χ1v) is 6.96. The van der Waals surface area contributed by atoms with Gasteiger partial charge in [-0.3, -0.25) is 30.6 Å². The number of amides is 2. The number of carbonyl (C=O) groups excluding carboxylic acids is 2. The minimum absolute atomic E-state index is 0.121. The van der Waals surface area contributed by atoms with Gasteiger partial charge in [-0.05, 0) is 30.1 Å². The molecular weight excluding hydrogens is 310 g/mol. The summed E-state index contributed by atoms with van der Waals surface area (Å²) in [5.41, 5.74) is 5.09. The van der Waals surface area contributed by atoms with Crippen LogP contribution in [-0.4, -0.2) is 26.3 Å². The molecular formula is C12H11N5O4S. The minimum atomic E-state index is -0.584. The fourth-order valence-electron chi connectivity index (χ4n) is 1.59. The third-order valence-corrected chi connectivity index (χ3v) is 3.49. The Labute approximate surface area is 128 Å². The average molecular weight is 321 g/mol. The maximum absolute atomic E-state index is 11.9. The SMILES string of the molecule is CCc1nnsc1C(=O)NNC(=O)c1ccc([N+](=O)[O-])cc1. The standard InChI is InChI=1S/C12H11N5O4S/c1-2-9-10(22-16-13-9)12(19)15-14-11(18)7-3-5-8(6-4-7)17(20)21/h3-6H,2H2,1H3,(H,14,18)(H,15,19). The summed E-state index contributed by atoms with van der Waals surface area (Å²) in [4.78, 5) is 34.0. The highest BCUT2D eigenvalue weighted by atomic mass is 32.1. The summed E-state index contributed by atoms with van der Waals surface area (Å²) >= 11 is 0.935. The predicted molar refractivity (Wildman–Crippen MR) is 77.3 cm³/mol. The second-order valence-corrected chi connectivity index (χ2v) is 4.87. The van der Waals surface area contributed by atoms with Gasteiger partial charge in [0.2, 0.25) is 0 Å². The van der Waals surface area contributed by atoms with E-state index in [1.807, 2.05) is 6.92 Å². The van der Waals surface area contributed by atoms with Crippen molar-refractivity contribution in [3.63, 3.8) is 0 Å². The number of carbonyl (C=O) groups is 2. The zero-order valence-electron chi connectivity index (χ0n) is 11.4. The van der Waals surface area contributed by atoms with Crippen molar-refractivity contribution in [2.45, 2.75) is 13.3 Å². The molecule has 0 aliphatic carbocycles. The molecule has 9 nitrogen and oxygen atoms in total. The number of hydrazine groups is 1. The smallest absolute Gasteiger partial charge is 0.267 e. The van der Waals surface area contributed by atoms with Gasteiger partial charge >= 0.3 is 0 Å². The van der Waals surface area contributed by atoms with Crippen LogP contribution in [0.1, 0.15) is 32.6 Å². The van der Waals surface area contributed by atoms with Crippen molar-refractivity contribution < 1.29 is 14.5 Å². The highest BCUT2D eigenvalue weighted by molar-refractivity contribution is 7.08. The Balaban J connectivity index is 1.97. The van der Waals surface area contributed by atoms with Gasteiger partial charge in [0.15, 0.2) is 0 Å². The van der Waals surface area contributed by atoms with Gasteiger partial charge in [-0.2, -0.15) is 0 Å². The second-order valence-electron chi connectivity index (χ2n) is 4.11. The Morgan fingerprint density at radius 2 is 1.86 bits per heavy atom. The number of nitro benzene ring substituents is 1. The lowest BCUT2D eigenvalue weighted by Crippen LogP contribution is -2.41. The molecule has 10 heteroatoms. The van der Waals surface area contributed by atoms with E-state index in [9.17, 15) is 19.7 Å². The third kappa shape index (κ3) is 3.41. The Bertz CT molecular complexity index is 713. The van der Waals surface area contributed by atoms with Crippen molar-refractivity contribution in [2.75, 3.05) is 0 Å². The molecule has 0 radical (unpaired) electrons. The van der Waals surface area contributed by atoms with E-state index in [0.717, 1.165) is 11.5 Å². The van der Waals surface area contributed by atoms with E-state index in [1.165, 1.54) is 24.3 Å². The molecule has 0 aliphatic rings. The summed E-state index contributed by atoms with van der Waals surface area (Å²) in [5.74, 6) is -1.10. The maximum atomic E-state index is 11.9. The molecule has 2 rings (SSSR count). The van der Waals surface area contributed by atoms with Crippen LogP contribution in [0.3, 0.4) is 0 Å². The molecule has 0 aliphatic heterocycles. The Morgan fingerprint density at radius 1 is 1.23 bits per heavy atom. The largest absolute Gasteiger partial charge is 0.283 e. The van der Waals surface area contributed by atoms with Gasteiger partial charge in [0.25, 0.3) is 17.5 Å². The average Bonchev–Trinajstić information content (AvgIpc) is 3.01. The highest BCUT2D eigenvalue weighted by Crippen LogP contribution is 2.12. The normalized spacial score (nSPS) is 10.0. The molecule has 1 aromatic heterocycles. The number of nitrogens with one attached hydrogen (secondary N) is 2.